The van der Waals surface area contributed by atoms with Gasteiger partial charge in [-0.1, -0.05) is 26.8 Å². The minimum atomic E-state index is 0.627. The van der Waals surface area contributed by atoms with Crippen LogP contribution in [0.3, 0.4) is 0 Å². The fourth-order valence-corrected chi connectivity index (χ4v) is 1.10. The van der Waals surface area contributed by atoms with E-state index in [4.69, 9.17) is 0 Å². The van der Waals surface area contributed by atoms with Gasteiger partial charge < -0.3 is 4.90 Å². The van der Waals surface area contributed by atoms with Crippen molar-refractivity contribution in [1.29, 1.82) is 0 Å². The molecule has 11 heavy (non-hydrogen) atoms. The zero-order chi connectivity index (χ0) is 8.85. The maximum atomic E-state index is 3.74. The van der Waals surface area contributed by atoms with Crippen molar-refractivity contribution in [2.75, 3.05) is 7.05 Å². The molecular weight excluding hydrogens is 134 g/mol. The fraction of sp³-hybridized carbons (Fsp3) is 0.800. The zero-order valence-corrected chi connectivity index (χ0v) is 8.30. The Kier molecular flexibility index (Phi) is 5.01. The highest BCUT2D eigenvalue weighted by Crippen LogP contribution is 2.12. The maximum absolute atomic E-state index is 3.74. The van der Waals surface area contributed by atoms with Gasteiger partial charge in [0.25, 0.3) is 0 Å². The van der Waals surface area contributed by atoms with Gasteiger partial charge in [-0.05, 0) is 25.5 Å². The molecule has 0 N–H and O–H groups in total. The Morgan fingerprint density at radius 1 is 1.45 bits per heavy atom. The Bertz CT molecular complexity index is 109. The van der Waals surface area contributed by atoms with Gasteiger partial charge in [-0.25, -0.2) is 0 Å². The van der Waals surface area contributed by atoms with Crippen LogP contribution in [0.1, 0.15) is 33.6 Å². The molecule has 0 aromatic rings. The predicted molar refractivity (Wildman–Crippen MR) is 51.5 cm³/mol. The van der Waals surface area contributed by atoms with Gasteiger partial charge >= 0.3 is 0 Å². The Hall–Kier alpha value is -0.460. The van der Waals surface area contributed by atoms with E-state index in [0.29, 0.717) is 6.04 Å². The standard InChI is InChI=1S/C10H21N/c1-6-9(3)8-10(4)11(5)7-2/h7,9-10H,2,6,8H2,1,3-5H3/t9-,10+/m0/s1. The summed E-state index contributed by atoms with van der Waals surface area (Å²) in [6, 6.07) is 0.627. The lowest BCUT2D eigenvalue weighted by Crippen LogP contribution is -2.25. The van der Waals surface area contributed by atoms with E-state index in [9.17, 15) is 0 Å². The van der Waals surface area contributed by atoms with Crippen LogP contribution in [-0.4, -0.2) is 18.0 Å². The van der Waals surface area contributed by atoms with Gasteiger partial charge in [0, 0.05) is 13.1 Å². The van der Waals surface area contributed by atoms with Crippen LogP contribution in [0.2, 0.25) is 0 Å². The highest BCUT2D eigenvalue weighted by Gasteiger charge is 2.08. The molecule has 0 aliphatic rings. The summed E-state index contributed by atoms with van der Waals surface area (Å²) in [7, 11) is 2.08. The third-order valence-electron chi connectivity index (χ3n) is 2.42. The summed E-state index contributed by atoms with van der Waals surface area (Å²) in [5.41, 5.74) is 0. The minimum Gasteiger partial charge on any atom is -0.378 e. The van der Waals surface area contributed by atoms with Crippen molar-refractivity contribution in [3.63, 3.8) is 0 Å². The first kappa shape index (κ1) is 10.5. The van der Waals surface area contributed by atoms with Crippen molar-refractivity contribution in [3.05, 3.63) is 12.8 Å². The number of rotatable bonds is 5. The summed E-state index contributed by atoms with van der Waals surface area (Å²) in [5.74, 6) is 0.826. The second-order valence-corrected chi connectivity index (χ2v) is 3.45. The molecule has 0 fully saturated rings. The van der Waals surface area contributed by atoms with Crippen LogP contribution >= 0.6 is 0 Å². The van der Waals surface area contributed by atoms with E-state index in [1.54, 1.807) is 0 Å². The summed E-state index contributed by atoms with van der Waals surface area (Å²) >= 11 is 0. The van der Waals surface area contributed by atoms with Crippen molar-refractivity contribution in [2.45, 2.75) is 39.7 Å². The largest absolute Gasteiger partial charge is 0.378 e. The van der Waals surface area contributed by atoms with Crippen LogP contribution in [0.5, 0.6) is 0 Å². The zero-order valence-electron chi connectivity index (χ0n) is 8.30. The molecule has 0 saturated carbocycles. The molecule has 0 unspecified atom stereocenters. The quantitative estimate of drug-likeness (QED) is 0.590. The monoisotopic (exact) mass is 155 g/mol. The molecule has 0 spiro atoms. The molecule has 0 aromatic heterocycles. The highest BCUT2D eigenvalue weighted by molar-refractivity contribution is 4.74. The molecule has 2 atom stereocenters. The summed E-state index contributed by atoms with van der Waals surface area (Å²) in [6.07, 6.45) is 4.43. The van der Waals surface area contributed by atoms with Gasteiger partial charge in [-0.15, -0.1) is 0 Å². The lowest BCUT2D eigenvalue weighted by molar-refractivity contribution is 0.293. The van der Waals surface area contributed by atoms with Crippen molar-refractivity contribution in [3.8, 4) is 0 Å². The Morgan fingerprint density at radius 2 is 2.00 bits per heavy atom. The van der Waals surface area contributed by atoms with E-state index in [1.807, 2.05) is 6.20 Å². The van der Waals surface area contributed by atoms with Gasteiger partial charge in [0.1, 0.15) is 0 Å². The molecular formula is C10H21N. The summed E-state index contributed by atoms with van der Waals surface area (Å²) in [5, 5.41) is 0. The van der Waals surface area contributed by atoms with E-state index in [2.05, 4.69) is 39.3 Å². The van der Waals surface area contributed by atoms with Gasteiger partial charge in [0.2, 0.25) is 0 Å². The second-order valence-electron chi connectivity index (χ2n) is 3.45. The van der Waals surface area contributed by atoms with E-state index in [1.165, 1.54) is 12.8 Å². The normalized spacial score (nSPS) is 15.6. The molecule has 0 saturated heterocycles. The van der Waals surface area contributed by atoms with E-state index >= 15 is 0 Å². The molecule has 1 heteroatoms. The first-order chi connectivity index (χ1) is 5.11. The van der Waals surface area contributed by atoms with Gasteiger partial charge in [-0.3, -0.25) is 0 Å². The van der Waals surface area contributed by atoms with Crippen LogP contribution in [0.4, 0.5) is 0 Å². The van der Waals surface area contributed by atoms with Crippen LogP contribution in [0.25, 0.3) is 0 Å². The highest BCUT2D eigenvalue weighted by atomic mass is 15.1. The van der Waals surface area contributed by atoms with Crippen molar-refractivity contribution in [1.82, 2.24) is 4.90 Å². The molecule has 0 aromatic carbocycles. The molecule has 0 aliphatic heterocycles. The van der Waals surface area contributed by atoms with E-state index in [0.717, 1.165) is 5.92 Å². The Balaban J connectivity index is 3.66. The molecule has 0 heterocycles. The first-order valence-corrected chi connectivity index (χ1v) is 4.46. The predicted octanol–water partition coefficient (Wildman–Crippen LogP) is 2.89. The number of hydrogen-bond donors (Lipinski definition) is 0. The topological polar surface area (TPSA) is 3.24 Å². The minimum absolute atomic E-state index is 0.627. The molecule has 0 rings (SSSR count). The van der Waals surface area contributed by atoms with Gasteiger partial charge in [0.05, 0.1) is 0 Å². The third-order valence-corrected chi connectivity index (χ3v) is 2.42. The van der Waals surface area contributed by atoms with Gasteiger partial charge in [-0.2, -0.15) is 0 Å². The average molecular weight is 155 g/mol. The number of nitrogens with zero attached hydrogens (tertiary/aromatic N) is 1. The lowest BCUT2D eigenvalue weighted by atomic mass is 10.00. The summed E-state index contributed by atoms with van der Waals surface area (Å²) < 4.78 is 0. The van der Waals surface area contributed by atoms with Crippen LogP contribution in [0.15, 0.2) is 12.8 Å². The summed E-state index contributed by atoms with van der Waals surface area (Å²) in [6.45, 7) is 10.5. The van der Waals surface area contributed by atoms with Crippen LogP contribution < -0.4 is 0 Å². The van der Waals surface area contributed by atoms with Crippen LogP contribution in [0, 0.1) is 5.92 Å². The van der Waals surface area contributed by atoms with Crippen molar-refractivity contribution in [2.24, 2.45) is 5.92 Å². The average Bonchev–Trinajstić information content (AvgIpc) is 2.02. The third kappa shape index (κ3) is 4.07. The second kappa shape index (κ2) is 5.22. The van der Waals surface area contributed by atoms with Gasteiger partial charge in [0.15, 0.2) is 0 Å². The summed E-state index contributed by atoms with van der Waals surface area (Å²) in [4.78, 5) is 2.17. The van der Waals surface area contributed by atoms with Crippen LogP contribution in [-0.2, 0) is 0 Å². The van der Waals surface area contributed by atoms with E-state index in [-0.39, 0.29) is 0 Å². The molecule has 0 amide bonds. The SMILES string of the molecule is C=CN(C)[C@H](C)C[C@@H](C)CC. The van der Waals surface area contributed by atoms with Crippen molar-refractivity contribution < 1.29 is 0 Å². The Labute approximate surface area is 71.1 Å². The molecule has 66 valence electrons. The molecule has 1 nitrogen and oxygen atoms in total. The molecule has 0 bridgehead atoms. The smallest absolute Gasteiger partial charge is 0.0255 e. The first-order valence-electron chi connectivity index (χ1n) is 4.46. The molecule has 0 aliphatic carbocycles. The number of hydrogen-bond acceptors (Lipinski definition) is 1. The maximum Gasteiger partial charge on any atom is 0.0255 e. The lowest BCUT2D eigenvalue weighted by Gasteiger charge is -2.24. The molecule has 0 radical (unpaired) electrons. The Morgan fingerprint density at radius 3 is 2.36 bits per heavy atom. The fourth-order valence-electron chi connectivity index (χ4n) is 1.10. The van der Waals surface area contributed by atoms with Crippen molar-refractivity contribution >= 4 is 0 Å². The van der Waals surface area contributed by atoms with E-state index < -0.39 is 0 Å².